The van der Waals surface area contributed by atoms with E-state index in [2.05, 4.69) is 118 Å². The van der Waals surface area contributed by atoms with Crippen molar-refractivity contribution >= 4 is 143 Å². The lowest BCUT2D eigenvalue weighted by Gasteiger charge is -2.47. The Morgan fingerprint density at radius 3 is 1.14 bits per heavy atom. The standard InChI is InChI=1S/C85H54B2F5N5S/c88-71-38-23-39-72(89)83(71)97-76-51-65(93(59-28-11-3-12-29-59)60-30-13-4-14-31-60)50-75-80(76)86(67-36-19-21-40-73(67)95(75)61-32-15-5-16-33-61)69-54-70-84(79(82(69)97)85(90,91)92)98-78-53-66(52-77-81(78)87(70)68-37-20-22-41-74(68)96(77)62-34-17-6-18-35-62)94(63-46-42-57(43-47-63)55-24-7-1-8-25-55)64-48-44-58(45-49-64)56-26-9-2-10-27-56/h1-54H. The van der Waals surface area contributed by atoms with Crippen molar-refractivity contribution in [3.63, 3.8) is 0 Å². The minimum absolute atomic E-state index is 0.0578. The molecule has 14 aromatic rings. The molecular weight excluding hydrogens is 1240 g/mol. The van der Waals surface area contributed by atoms with Gasteiger partial charge >= 0.3 is 6.18 Å². The highest BCUT2D eigenvalue weighted by molar-refractivity contribution is 8.00. The zero-order valence-corrected chi connectivity index (χ0v) is 53.2. The largest absolute Gasteiger partial charge is 0.419 e. The molecule has 0 radical (unpaired) electrons. The van der Waals surface area contributed by atoms with Crippen molar-refractivity contribution in [2.75, 3.05) is 24.5 Å². The number of alkyl halides is 3. The number of para-hydroxylation sites is 7. The van der Waals surface area contributed by atoms with E-state index in [4.69, 9.17) is 0 Å². The molecule has 0 atom stereocenters. The zero-order valence-electron chi connectivity index (χ0n) is 52.4. The van der Waals surface area contributed by atoms with Crippen LogP contribution in [0.5, 0.6) is 0 Å². The second-order valence-electron chi connectivity index (χ2n) is 24.9. The molecule has 4 aliphatic rings. The number of nitrogens with zero attached hydrogens (tertiary/aromatic N) is 5. The van der Waals surface area contributed by atoms with E-state index in [9.17, 15) is 0 Å². The molecule has 18 rings (SSSR count). The molecule has 0 saturated heterocycles. The van der Waals surface area contributed by atoms with Crippen LogP contribution in [0.2, 0.25) is 0 Å². The van der Waals surface area contributed by atoms with Crippen LogP contribution < -0.4 is 57.3 Å². The Morgan fingerprint density at radius 2 is 0.673 bits per heavy atom. The molecular formula is C85H54B2F5N5S. The van der Waals surface area contributed by atoms with Gasteiger partial charge in [0.1, 0.15) is 17.3 Å². The van der Waals surface area contributed by atoms with E-state index in [1.165, 1.54) is 11.0 Å². The molecule has 4 heterocycles. The van der Waals surface area contributed by atoms with Crippen LogP contribution in [0.15, 0.2) is 337 Å². The Bertz CT molecular complexity index is 5270. The molecule has 0 bridgehead atoms. The molecule has 0 aromatic heterocycles. The van der Waals surface area contributed by atoms with E-state index in [1.54, 1.807) is 0 Å². The quantitative estimate of drug-likeness (QED) is 0.0941. The fourth-order valence-corrected chi connectivity index (χ4v) is 16.7. The second kappa shape index (κ2) is 23.5. The molecule has 0 saturated carbocycles. The Kier molecular flexibility index (Phi) is 14.1. The van der Waals surface area contributed by atoms with Crippen LogP contribution in [-0.2, 0) is 6.18 Å². The first-order chi connectivity index (χ1) is 48.1. The molecule has 0 aliphatic carbocycles. The van der Waals surface area contributed by atoms with Crippen LogP contribution in [0.4, 0.5) is 107 Å². The lowest BCUT2D eigenvalue weighted by molar-refractivity contribution is -0.139. The van der Waals surface area contributed by atoms with Gasteiger partial charge in [-0.3, -0.25) is 0 Å². The first-order valence-corrected chi connectivity index (χ1v) is 33.4. The van der Waals surface area contributed by atoms with Gasteiger partial charge in [-0.05, 0) is 171 Å². The number of anilines is 15. The maximum atomic E-state index is 18.2. The monoisotopic (exact) mass is 1290 g/mol. The zero-order chi connectivity index (χ0) is 65.8. The third-order valence-corrected chi connectivity index (χ3v) is 20.6. The van der Waals surface area contributed by atoms with Crippen molar-refractivity contribution in [3.8, 4) is 22.3 Å². The van der Waals surface area contributed by atoms with Crippen LogP contribution in [-0.4, -0.2) is 13.4 Å². The predicted molar refractivity (Wildman–Crippen MR) is 396 cm³/mol. The molecule has 13 heteroatoms. The fourth-order valence-electron chi connectivity index (χ4n) is 15.3. The number of halogens is 5. The molecule has 0 amide bonds. The molecule has 5 nitrogen and oxygen atoms in total. The summed E-state index contributed by atoms with van der Waals surface area (Å²) in [6.07, 6.45) is -5.14. The van der Waals surface area contributed by atoms with Crippen molar-refractivity contribution in [1.82, 2.24) is 0 Å². The Hall–Kier alpha value is -11.8. The molecule has 466 valence electrons. The number of hydrogen-bond donors (Lipinski definition) is 0. The van der Waals surface area contributed by atoms with Gasteiger partial charge in [0.25, 0.3) is 6.71 Å². The molecule has 4 aliphatic heterocycles. The minimum Gasteiger partial charge on any atom is -0.311 e. The highest BCUT2D eigenvalue weighted by Gasteiger charge is 2.53. The summed E-state index contributed by atoms with van der Waals surface area (Å²) in [5, 5.41) is 0. The highest BCUT2D eigenvalue weighted by atomic mass is 32.2. The second-order valence-corrected chi connectivity index (χ2v) is 25.9. The summed E-state index contributed by atoms with van der Waals surface area (Å²) in [6.45, 7) is -1.67. The van der Waals surface area contributed by atoms with Crippen molar-refractivity contribution in [3.05, 3.63) is 345 Å². The van der Waals surface area contributed by atoms with E-state index < -0.39 is 42.5 Å². The third kappa shape index (κ3) is 9.62. The maximum Gasteiger partial charge on any atom is 0.419 e. The molecule has 0 spiro atoms. The molecule has 14 aromatic carbocycles. The molecule has 0 unspecified atom stereocenters. The first-order valence-electron chi connectivity index (χ1n) is 32.6. The van der Waals surface area contributed by atoms with Gasteiger partial charge in [-0.2, -0.15) is 13.2 Å². The predicted octanol–water partition coefficient (Wildman–Crippen LogP) is 20.1. The van der Waals surface area contributed by atoms with E-state index >= 15 is 22.0 Å². The summed E-state index contributed by atoms with van der Waals surface area (Å²) >= 11 is 1.06. The van der Waals surface area contributed by atoms with E-state index in [-0.39, 0.29) is 21.7 Å². The average Bonchev–Trinajstić information content (AvgIpc) is 0.673. The number of rotatable bonds is 11. The van der Waals surface area contributed by atoms with Gasteiger partial charge in [-0.15, -0.1) is 0 Å². The maximum absolute atomic E-state index is 18.2. The minimum atomic E-state index is -5.14. The van der Waals surface area contributed by atoms with Crippen LogP contribution in [0, 0.1) is 11.6 Å². The van der Waals surface area contributed by atoms with Gasteiger partial charge < -0.3 is 24.5 Å². The summed E-state index contributed by atoms with van der Waals surface area (Å²) in [4.78, 5) is 10.4. The Balaban J connectivity index is 0.936. The van der Waals surface area contributed by atoms with Crippen molar-refractivity contribution in [2.24, 2.45) is 0 Å². The van der Waals surface area contributed by atoms with Gasteiger partial charge in [-0.1, -0.05) is 223 Å². The average molecular weight is 1290 g/mol. The number of hydrogen-bond acceptors (Lipinski definition) is 6. The van der Waals surface area contributed by atoms with Crippen LogP contribution in [0.1, 0.15) is 5.56 Å². The van der Waals surface area contributed by atoms with Crippen molar-refractivity contribution in [1.29, 1.82) is 0 Å². The molecule has 0 fully saturated rings. The van der Waals surface area contributed by atoms with E-state index in [0.717, 1.165) is 114 Å². The summed E-state index contributed by atoms with van der Waals surface area (Å²) in [6, 6.07) is 106. The summed E-state index contributed by atoms with van der Waals surface area (Å²) < 4.78 is 90.1. The highest BCUT2D eigenvalue weighted by Crippen LogP contribution is 2.56. The lowest BCUT2D eigenvalue weighted by Crippen LogP contribution is -2.65. The van der Waals surface area contributed by atoms with Gasteiger partial charge in [0.2, 0.25) is 6.71 Å². The Labute approximate surface area is 569 Å². The number of fused-ring (bicyclic) bond motifs is 8. The van der Waals surface area contributed by atoms with Crippen molar-refractivity contribution in [2.45, 2.75) is 16.0 Å². The number of benzene rings is 14. The molecule has 0 N–H and O–H groups in total. The summed E-state index contributed by atoms with van der Waals surface area (Å²) in [5.41, 5.74) is 15.1. The topological polar surface area (TPSA) is 16.2 Å². The van der Waals surface area contributed by atoms with Crippen LogP contribution in [0.25, 0.3) is 22.3 Å². The lowest BCUT2D eigenvalue weighted by atomic mass is 9.30. The normalized spacial score (nSPS) is 13.0. The smallest absolute Gasteiger partial charge is 0.311 e. The van der Waals surface area contributed by atoms with Crippen LogP contribution >= 0.6 is 11.8 Å². The SMILES string of the molecule is Fc1cccc(F)c1N1c2cc(N(c3ccccc3)c3ccccc3)cc3c2B(c2ccccc2N3c2ccccc2)c2cc3c(c(C(F)(F)F)c21)Sc1cc(N(c2ccc(-c4ccccc4)cc2)c2ccc(-c4ccccc4)cc2)cc2c1B3c1ccccc1N2c1ccccc1. The van der Waals surface area contributed by atoms with Gasteiger partial charge in [0.05, 0.1) is 16.9 Å². The van der Waals surface area contributed by atoms with Gasteiger partial charge in [0.15, 0.2) is 0 Å². The van der Waals surface area contributed by atoms with Gasteiger partial charge in [-0.25, -0.2) is 8.78 Å². The van der Waals surface area contributed by atoms with Crippen LogP contribution in [0.3, 0.4) is 0 Å². The molecule has 98 heavy (non-hydrogen) atoms. The van der Waals surface area contributed by atoms with Gasteiger partial charge in [0, 0.05) is 78.0 Å². The first kappa shape index (κ1) is 58.8. The van der Waals surface area contributed by atoms with E-state index in [1.807, 2.05) is 211 Å². The third-order valence-electron chi connectivity index (χ3n) is 19.4. The fraction of sp³-hybridized carbons (Fsp3) is 0.0118. The summed E-state index contributed by atoms with van der Waals surface area (Å²) in [7, 11) is 0. The Morgan fingerprint density at radius 1 is 0.296 bits per heavy atom. The van der Waals surface area contributed by atoms with E-state index in [0.29, 0.717) is 32.9 Å². The van der Waals surface area contributed by atoms with Crippen molar-refractivity contribution < 1.29 is 22.0 Å². The summed E-state index contributed by atoms with van der Waals surface area (Å²) in [5.74, 6) is -2.05.